The molecule has 19 heavy (non-hydrogen) atoms. The van der Waals surface area contributed by atoms with Gasteiger partial charge in [-0.15, -0.1) is 11.6 Å². The third kappa shape index (κ3) is 2.76. The maximum atomic E-state index is 14.0. The molecule has 1 aromatic carbocycles. The molecule has 0 N–H and O–H groups in total. The van der Waals surface area contributed by atoms with E-state index in [1.165, 1.54) is 6.07 Å². The summed E-state index contributed by atoms with van der Waals surface area (Å²) < 4.78 is 14.0. The van der Waals surface area contributed by atoms with Crippen molar-refractivity contribution in [2.24, 2.45) is 0 Å². The Balaban J connectivity index is 2.59. The van der Waals surface area contributed by atoms with Gasteiger partial charge in [-0.2, -0.15) is 0 Å². The topological polar surface area (TPSA) is 3.24 Å². The van der Waals surface area contributed by atoms with Gasteiger partial charge in [-0.25, -0.2) is 4.39 Å². The Bertz CT molecular complexity index is 552. The van der Waals surface area contributed by atoms with Gasteiger partial charge in [0.05, 0.1) is 16.1 Å². The van der Waals surface area contributed by atoms with Crippen molar-refractivity contribution in [1.82, 2.24) is 0 Å². The summed E-state index contributed by atoms with van der Waals surface area (Å²) >= 11 is 18.6. The fourth-order valence-electron chi connectivity index (χ4n) is 2.22. The molecule has 0 radical (unpaired) electrons. The minimum Gasteiger partial charge on any atom is -0.375 e. The molecular formula is C14H13Cl3FN. The summed E-state index contributed by atoms with van der Waals surface area (Å²) in [7, 11) is 3.56. The molecule has 2 rings (SSSR count). The molecule has 1 aliphatic carbocycles. The number of hydrogen-bond acceptors (Lipinski definition) is 1. The van der Waals surface area contributed by atoms with Gasteiger partial charge in [0.25, 0.3) is 0 Å². The van der Waals surface area contributed by atoms with Gasteiger partial charge < -0.3 is 4.90 Å². The third-order valence-corrected chi connectivity index (χ3v) is 4.31. The normalized spacial score (nSPS) is 22.8. The number of halogens is 4. The van der Waals surface area contributed by atoms with Crippen molar-refractivity contribution in [2.45, 2.75) is 11.3 Å². The Hall–Kier alpha value is -0.700. The van der Waals surface area contributed by atoms with Crippen LogP contribution in [0.1, 0.15) is 11.5 Å². The van der Waals surface area contributed by atoms with Crippen LogP contribution in [0.3, 0.4) is 0 Å². The molecule has 102 valence electrons. The summed E-state index contributed by atoms with van der Waals surface area (Å²) in [6.07, 6.45) is 3.44. The van der Waals surface area contributed by atoms with Gasteiger partial charge in [0.1, 0.15) is 5.82 Å². The standard InChI is InChI=1S/C14H13Cl3FN/c1-19(2)14-8(4-3-5-11(14)18)12-9(15)6-7-10(16)13(12)17/h3-7,9,12H,1-2H3. The first kappa shape index (κ1) is 14.7. The summed E-state index contributed by atoms with van der Waals surface area (Å²) in [5.41, 5.74) is 1.22. The summed E-state index contributed by atoms with van der Waals surface area (Å²) in [5.74, 6) is -0.643. The van der Waals surface area contributed by atoms with Crippen molar-refractivity contribution in [3.8, 4) is 0 Å². The zero-order valence-electron chi connectivity index (χ0n) is 10.5. The molecule has 0 fully saturated rings. The minimum absolute atomic E-state index is 0.304. The highest BCUT2D eigenvalue weighted by Crippen LogP contribution is 2.44. The van der Waals surface area contributed by atoms with Gasteiger partial charge in [0.2, 0.25) is 0 Å². The average Bonchev–Trinajstić information content (AvgIpc) is 2.34. The zero-order valence-corrected chi connectivity index (χ0v) is 12.8. The lowest BCUT2D eigenvalue weighted by Gasteiger charge is -2.28. The molecule has 1 aliphatic rings. The summed E-state index contributed by atoms with van der Waals surface area (Å²) in [6, 6.07) is 4.89. The molecule has 1 nitrogen and oxygen atoms in total. The van der Waals surface area contributed by atoms with Crippen LogP contribution in [0.2, 0.25) is 0 Å². The molecular weight excluding hydrogens is 308 g/mol. The summed E-state index contributed by atoms with van der Waals surface area (Å²) in [4.78, 5) is 1.71. The number of nitrogens with zero attached hydrogens (tertiary/aromatic N) is 1. The maximum Gasteiger partial charge on any atom is 0.146 e. The van der Waals surface area contributed by atoms with Gasteiger partial charge in [-0.05, 0) is 17.7 Å². The highest BCUT2D eigenvalue weighted by molar-refractivity contribution is 6.41. The van der Waals surface area contributed by atoms with E-state index in [9.17, 15) is 4.39 Å². The molecule has 0 saturated heterocycles. The van der Waals surface area contributed by atoms with E-state index >= 15 is 0 Å². The van der Waals surface area contributed by atoms with E-state index in [-0.39, 0.29) is 17.1 Å². The SMILES string of the molecule is CN(C)c1c(F)cccc1C1C(Cl)=C(Cl)C=CC1Cl. The number of rotatable bonds is 2. The van der Waals surface area contributed by atoms with Crippen molar-refractivity contribution in [1.29, 1.82) is 0 Å². The summed E-state index contributed by atoms with van der Waals surface area (Å²) in [6.45, 7) is 0. The zero-order chi connectivity index (χ0) is 14.2. The molecule has 2 unspecified atom stereocenters. The molecule has 2 atom stereocenters. The molecule has 0 spiro atoms. The lowest BCUT2D eigenvalue weighted by atomic mass is 9.90. The average molecular weight is 321 g/mol. The quantitative estimate of drug-likeness (QED) is 0.705. The van der Waals surface area contributed by atoms with Crippen molar-refractivity contribution >= 4 is 40.5 Å². The second-order valence-corrected chi connectivity index (χ2v) is 5.87. The number of alkyl halides is 1. The van der Waals surface area contributed by atoms with Crippen LogP contribution in [0, 0.1) is 5.82 Å². The number of para-hydroxylation sites is 1. The number of anilines is 1. The summed E-state index contributed by atoms with van der Waals surface area (Å²) in [5, 5.41) is 0.533. The first-order chi connectivity index (χ1) is 8.93. The second kappa shape index (κ2) is 5.74. The molecule has 0 saturated carbocycles. The van der Waals surface area contributed by atoms with Gasteiger partial charge in [-0.3, -0.25) is 0 Å². The second-order valence-electron chi connectivity index (χ2n) is 4.55. The van der Waals surface area contributed by atoms with Gasteiger partial charge in [-0.1, -0.05) is 41.4 Å². The highest BCUT2D eigenvalue weighted by Gasteiger charge is 2.30. The Morgan fingerprint density at radius 3 is 2.53 bits per heavy atom. The Morgan fingerprint density at radius 1 is 1.21 bits per heavy atom. The van der Waals surface area contributed by atoms with Crippen molar-refractivity contribution in [3.05, 3.63) is 51.8 Å². The molecule has 1 aromatic rings. The first-order valence-electron chi connectivity index (χ1n) is 5.76. The van der Waals surface area contributed by atoms with Crippen LogP contribution in [0.4, 0.5) is 10.1 Å². The van der Waals surface area contributed by atoms with Crippen LogP contribution < -0.4 is 4.90 Å². The van der Waals surface area contributed by atoms with Gasteiger partial charge in [0.15, 0.2) is 0 Å². The maximum absolute atomic E-state index is 14.0. The van der Waals surface area contributed by atoms with Crippen LogP contribution in [0.5, 0.6) is 0 Å². The van der Waals surface area contributed by atoms with Crippen LogP contribution >= 0.6 is 34.8 Å². The van der Waals surface area contributed by atoms with E-state index in [1.807, 2.05) is 6.07 Å². The van der Waals surface area contributed by atoms with Crippen molar-refractivity contribution in [3.63, 3.8) is 0 Å². The van der Waals surface area contributed by atoms with E-state index < -0.39 is 0 Å². The van der Waals surface area contributed by atoms with E-state index in [4.69, 9.17) is 34.8 Å². The predicted molar refractivity (Wildman–Crippen MR) is 81.0 cm³/mol. The van der Waals surface area contributed by atoms with Crippen LogP contribution in [0.25, 0.3) is 0 Å². The third-order valence-electron chi connectivity index (χ3n) is 3.05. The van der Waals surface area contributed by atoms with Gasteiger partial charge in [0, 0.05) is 25.0 Å². The largest absolute Gasteiger partial charge is 0.375 e. The van der Waals surface area contributed by atoms with E-state index in [0.717, 1.165) is 5.56 Å². The van der Waals surface area contributed by atoms with Crippen LogP contribution in [-0.2, 0) is 0 Å². The van der Waals surface area contributed by atoms with E-state index in [0.29, 0.717) is 15.8 Å². The van der Waals surface area contributed by atoms with E-state index in [2.05, 4.69) is 0 Å². The fraction of sp³-hybridized carbons (Fsp3) is 0.286. The Kier molecular flexibility index (Phi) is 4.44. The molecule has 0 amide bonds. The lowest BCUT2D eigenvalue weighted by molar-refractivity contribution is 0.621. The lowest BCUT2D eigenvalue weighted by Crippen LogP contribution is -2.20. The first-order valence-corrected chi connectivity index (χ1v) is 6.96. The fourth-order valence-corrected chi connectivity index (χ4v) is 3.12. The number of benzene rings is 1. The highest BCUT2D eigenvalue weighted by atomic mass is 35.5. The van der Waals surface area contributed by atoms with Crippen molar-refractivity contribution in [2.75, 3.05) is 19.0 Å². The molecule has 0 bridgehead atoms. The monoisotopic (exact) mass is 319 g/mol. The smallest absolute Gasteiger partial charge is 0.146 e. The van der Waals surface area contributed by atoms with E-state index in [1.54, 1.807) is 37.2 Å². The number of hydrogen-bond donors (Lipinski definition) is 0. The van der Waals surface area contributed by atoms with Crippen LogP contribution in [-0.4, -0.2) is 19.5 Å². The number of allylic oxidation sites excluding steroid dienone is 4. The molecule has 0 aromatic heterocycles. The predicted octanol–water partition coefficient (Wildman–Crippen LogP) is 4.84. The minimum atomic E-state index is -0.351. The molecule has 0 heterocycles. The Labute approximate surface area is 127 Å². The molecule has 0 aliphatic heterocycles. The van der Waals surface area contributed by atoms with Gasteiger partial charge >= 0.3 is 0 Å². The van der Waals surface area contributed by atoms with Crippen molar-refractivity contribution < 1.29 is 4.39 Å². The van der Waals surface area contributed by atoms with Crippen LogP contribution in [0.15, 0.2) is 40.4 Å². The molecule has 5 heteroatoms. The Morgan fingerprint density at radius 2 is 1.89 bits per heavy atom.